The van der Waals surface area contributed by atoms with Gasteiger partial charge in [-0.05, 0) is 0 Å². The summed E-state index contributed by atoms with van der Waals surface area (Å²) in [4.78, 5) is 0. The fraction of sp³-hybridized carbons (Fsp3) is 1.00. The van der Waals surface area contributed by atoms with Crippen LogP contribution in [0.5, 0.6) is 0 Å². The molecule has 0 aromatic heterocycles. The van der Waals surface area contributed by atoms with Gasteiger partial charge in [-0.25, -0.2) is 17.2 Å². The largest absolute Gasteiger partial charge is 1.00 e. The molecule has 0 aromatic carbocycles. The van der Waals surface area contributed by atoms with Crippen molar-refractivity contribution in [2.45, 2.75) is 4.75 Å². The monoisotopic (exact) mass is 448 g/mol. The fourth-order valence-electron chi connectivity index (χ4n) is 3.21. The van der Waals surface area contributed by atoms with E-state index in [1.807, 2.05) is 0 Å². The summed E-state index contributed by atoms with van der Waals surface area (Å²) in [5.41, 5.74) is -11.5. The molecule has 0 aliphatic heterocycles. The molecule has 0 spiro atoms. The third-order valence-corrected chi connectivity index (χ3v) is 6.96. The second-order valence-corrected chi connectivity index (χ2v) is 7.79. The van der Waals surface area contributed by atoms with Crippen molar-refractivity contribution in [3.8, 4) is 0 Å². The zero-order chi connectivity index (χ0) is 20.9. The number of rotatable bonds is 13. The van der Waals surface area contributed by atoms with E-state index in [9.17, 15) is 52.5 Å². The van der Waals surface area contributed by atoms with Gasteiger partial charge in [0.2, 0.25) is 0 Å². The normalized spacial score (nSPS) is 14.1. The summed E-state index contributed by atoms with van der Waals surface area (Å²) in [5, 5.41) is 0. The second-order valence-electron chi connectivity index (χ2n) is 6.10. The minimum absolute atomic E-state index is 0. The van der Waals surface area contributed by atoms with Crippen molar-refractivity contribution in [1.29, 1.82) is 0 Å². The maximum absolute atomic E-state index is 13.8. The van der Waals surface area contributed by atoms with Crippen molar-refractivity contribution in [3.05, 3.63) is 0 Å². The van der Waals surface area contributed by atoms with Gasteiger partial charge in [0.15, 0.2) is 0 Å². The van der Waals surface area contributed by atoms with E-state index in [1.54, 1.807) is 0 Å². The van der Waals surface area contributed by atoms with Gasteiger partial charge < -0.3 is 4.55 Å². The smallest absolute Gasteiger partial charge is 0.747 e. The average molecular weight is 448 g/mol. The maximum atomic E-state index is 13.8. The molecule has 0 aliphatic carbocycles. The molecule has 27 heavy (non-hydrogen) atoms. The molecule has 0 aromatic rings. The predicted octanol–water partition coefficient (Wildman–Crippen LogP) is -0.0409. The molecular formula is C13H18F9NaO3S. The van der Waals surface area contributed by atoms with Crippen molar-refractivity contribution < 1.29 is 82.0 Å². The Labute approximate surface area is 173 Å². The van der Waals surface area contributed by atoms with E-state index in [0.717, 1.165) is 0 Å². The number of hydrogen-bond donors (Lipinski definition) is 0. The van der Waals surface area contributed by atoms with Crippen LogP contribution in [0.3, 0.4) is 0 Å². The second kappa shape index (κ2) is 10.9. The Morgan fingerprint density at radius 1 is 0.556 bits per heavy atom. The van der Waals surface area contributed by atoms with Crippen LogP contribution in [0.1, 0.15) is 0 Å². The summed E-state index contributed by atoms with van der Waals surface area (Å²) >= 11 is 0. The van der Waals surface area contributed by atoms with E-state index in [0.29, 0.717) is 0 Å². The van der Waals surface area contributed by atoms with E-state index in [-0.39, 0.29) is 29.6 Å². The van der Waals surface area contributed by atoms with Crippen molar-refractivity contribution >= 4 is 10.1 Å². The minimum atomic E-state index is -6.38. The van der Waals surface area contributed by atoms with Crippen LogP contribution in [0.25, 0.3) is 0 Å². The predicted molar refractivity (Wildman–Crippen MR) is 73.5 cm³/mol. The van der Waals surface area contributed by atoms with Gasteiger partial charge in [-0.3, -0.25) is 30.7 Å². The van der Waals surface area contributed by atoms with Gasteiger partial charge in [0, 0.05) is 0 Å². The van der Waals surface area contributed by atoms with E-state index >= 15 is 0 Å². The van der Waals surface area contributed by atoms with Gasteiger partial charge in [-0.15, -0.1) is 0 Å². The fourth-order valence-corrected chi connectivity index (χ4v) is 4.26. The van der Waals surface area contributed by atoms with Crippen LogP contribution in [0, 0.1) is 16.2 Å². The molecule has 0 aliphatic rings. The van der Waals surface area contributed by atoms with Gasteiger partial charge in [-0.2, -0.15) is 0 Å². The third kappa shape index (κ3) is 3.87. The molecule has 0 N–H and O–H groups in total. The molecule has 0 heterocycles. The van der Waals surface area contributed by atoms with Crippen LogP contribution in [0.2, 0.25) is 0 Å². The molecule has 158 valence electrons. The summed E-state index contributed by atoms with van der Waals surface area (Å²) in [6, 6.07) is 0. The Morgan fingerprint density at radius 3 is 1.00 bits per heavy atom. The van der Waals surface area contributed by atoms with Crippen LogP contribution < -0.4 is 29.6 Å². The molecular weight excluding hydrogens is 430 g/mol. The third-order valence-electron chi connectivity index (χ3n) is 5.39. The minimum Gasteiger partial charge on any atom is -0.747 e. The van der Waals surface area contributed by atoms with Crippen LogP contribution in [-0.4, -0.2) is 77.8 Å². The number of alkyl halides is 9. The first-order valence-electron chi connectivity index (χ1n) is 7.04. The SMILES string of the molecule is O=S(=O)([O-])C(CF)(CF)C(CF)(CF)C(CF)(CF)C(CF)(CF)CF.[Na+]. The van der Waals surface area contributed by atoms with Crippen LogP contribution in [0.4, 0.5) is 39.5 Å². The molecule has 0 saturated heterocycles. The molecule has 0 fully saturated rings. The Bertz CT molecular complexity index is 525. The first-order valence-corrected chi connectivity index (χ1v) is 8.45. The zero-order valence-electron chi connectivity index (χ0n) is 14.4. The van der Waals surface area contributed by atoms with Crippen molar-refractivity contribution in [3.63, 3.8) is 0 Å². The topological polar surface area (TPSA) is 57.2 Å². The standard InChI is InChI=1S/C13H19F9O3S.Na/c14-1-10(2-15,3-16)11(4-17,5-18)12(6-19,7-20)13(8-21,9-22)26(23,24)25;/h1-9H2,(H,23,24,25);/q;+1/p-1. The van der Waals surface area contributed by atoms with Crippen molar-refractivity contribution in [2.24, 2.45) is 16.2 Å². The molecule has 0 atom stereocenters. The van der Waals surface area contributed by atoms with Gasteiger partial charge in [0.1, 0.15) is 48.2 Å². The summed E-state index contributed by atoms with van der Waals surface area (Å²) in [6.07, 6.45) is 0. The quantitative estimate of drug-likeness (QED) is 0.226. The zero-order valence-corrected chi connectivity index (χ0v) is 17.2. The number of halogens is 9. The first kappa shape index (κ1) is 29.5. The summed E-state index contributed by atoms with van der Waals surface area (Å²) < 4.78 is 153. The molecule has 0 unspecified atom stereocenters. The van der Waals surface area contributed by atoms with Gasteiger partial charge >= 0.3 is 29.6 Å². The average Bonchev–Trinajstić information content (AvgIpc) is 2.64. The van der Waals surface area contributed by atoms with Crippen LogP contribution in [0.15, 0.2) is 0 Å². The molecule has 0 saturated carbocycles. The van der Waals surface area contributed by atoms with Gasteiger partial charge in [0.05, 0.1) is 42.9 Å². The Morgan fingerprint density at radius 2 is 0.852 bits per heavy atom. The Balaban J connectivity index is 0. The number of hydrogen-bond acceptors (Lipinski definition) is 3. The van der Waals surface area contributed by atoms with E-state index in [2.05, 4.69) is 0 Å². The van der Waals surface area contributed by atoms with Crippen LogP contribution in [-0.2, 0) is 10.1 Å². The molecule has 14 heteroatoms. The first-order chi connectivity index (χ1) is 12.0. The van der Waals surface area contributed by atoms with E-state index in [1.165, 1.54) is 0 Å². The maximum Gasteiger partial charge on any atom is 1.00 e. The Hall–Kier alpha value is 0.280. The Kier molecular flexibility index (Phi) is 11.9. The van der Waals surface area contributed by atoms with E-state index < -0.39 is 91.2 Å². The molecule has 0 bridgehead atoms. The summed E-state index contributed by atoms with van der Waals surface area (Å²) in [6.45, 7) is -22.4. The summed E-state index contributed by atoms with van der Waals surface area (Å²) in [5.74, 6) is 0. The van der Waals surface area contributed by atoms with E-state index in [4.69, 9.17) is 0 Å². The van der Waals surface area contributed by atoms with Crippen LogP contribution >= 0.6 is 0 Å². The van der Waals surface area contributed by atoms with Gasteiger partial charge in [0.25, 0.3) is 0 Å². The van der Waals surface area contributed by atoms with Crippen molar-refractivity contribution in [1.82, 2.24) is 0 Å². The molecule has 0 amide bonds. The molecule has 3 nitrogen and oxygen atoms in total. The van der Waals surface area contributed by atoms with Crippen molar-refractivity contribution in [2.75, 3.05) is 60.1 Å². The summed E-state index contributed by atoms with van der Waals surface area (Å²) in [7, 11) is -6.38. The van der Waals surface area contributed by atoms with Gasteiger partial charge in [-0.1, -0.05) is 0 Å². The molecule has 0 radical (unpaired) electrons. The molecule has 0 rings (SSSR count).